The number of carbonyl (C=O) groups excluding carboxylic acids is 2. The Bertz CT molecular complexity index is 944. The lowest BCUT2D eigenvalue weighted by Crippen LogP contribution is -2.51. The zero-order valence-electron chi connectivity index (χ0n) is 18.1. The first-order valence-corrected chi connectivity index (χ1v) is 11.2. The summed E-state index contributed by atoms with van der Waals surface area (Å²) in [6.07, 6.45) is 13.8. The van der Waals surface area contributed by atoms with Crippen molar-refractivity contribution >= 4 is 11.6 Å². The van der Waals surface area contributed by atoms with Gasteiger partial charge >= 0.3 is 0 Å². The molecule has 30 heavy (non-hydrogen) atoms. The molecule has 5 nitrogen and oxygen atoms in total. The van der Waals surface area contributed by atoms with Crippen LogP contribution in [-0.4, -0.2) is 29.9 Å². The van der Waals surface area contributed by atoms with Crippen LogP contribution in [0.4, 0.5) is 0 Å². The van der Waals surface area contributed by atoms with Crippen molar-refractivity contribution in [3.63, 3.8) is 0 Å². The number of aliphatic hydroxyl groups excluding tert-OH is 1. The third-order valence-electron chi connectivity index (χ3n) is 9.46. The molecule has 0 radical (unpaired) electrons. The largest absolute Gasteiger partial charge is 0.389 e. The fraction of sp³-hybridized carbons (Fsp3) is 0.600. The average Bonchev–Trinajstić information content (AvgIpc) is 3.33. The van der Waals surface area contributed by atoms with Crippen molar-refractivity contribution in [1.82, 2.24) is 10.6 Å². The van der Waals surface area contributed by atoms with E-state index in [1.807, 2.05) is 12.3 Å². The summed E-state index contributed by atoms with van der Waals surface area (Å²) in [6.45, 7) is 6.89. The predicted octanol–water partition coefficient (Wildman–Crippen LogP) is 3.00. The molecule has 0 spiro atoms. The molecule has 1 heterocycles. The van der Waals surface area contributed by atoms with Crippen LogP contribution in [0, 0.1) is 34.0 Å². The lowest BCUT2D eigenvalue weighted by Gasteiger charge is -2.54. The van der Waals surface area contributed by atoms with E-state index in [-0.39, 0.29) is 28.3 Å². The first-order valence-electron chi connectivity index (χ1n) is 11.2. The number of hydrogen-bond donors (Lipinski definition) is 3. The Labute approximate surface area is 178 Å². The third kappa shape index (κ3) is 2.33. The van der Waals surface area contributed by atoms with E-state index in [1.54, 1.807) is 6.08 Å². The quantitative estimate of drug-likeness (QED) is 0.626. The Morgan fingerprint density at radius 1 is 1.30 bits per heavy atom. The molecule has 160 valence electrons. The number of allylic oxidation sites excluding steroid dienone is 7. The molecule has 5 aliphatic rings. The van der Waals surface area contributed by atoms with Crippen molar-refractivity contribution < 1.29 is 14.7 Å². The highest BCUT2D eigenvalue weighted by atomic mass is 16.3. The number of fused-ring (bicyclic) bond motifs is 5. The van der Waals surface area contributed by atoms with Crippen LogP contribution in [0.3, 0.4) is 0 Å². The molecular formula is C25H32N2O3. The highest BCUT2D eigenvalue weighted by Crippen LogP contribution is 2.70. The Kier molecular flexibility index (Phi) is 4.24. The number of hydrogen-bond acceptors (Lipinski definition) is 5. The molecule has 0 aromatic carbocycles. The molecule has 0 aromatic heterocycles. The summed E-state index contributed by atoms with van der Waals surface area (Å²) in [4.78, 5) is 25.2. The zero-order chi connectivity index (χ0) is 21.3. The Hall–Kier alpha value is -2.14. The minimum absolute atomic E-state index is 0.0466. The van der Waals surface area contributed by atoms with E-state index in [1.165, 1.54) is 11.1 Å². The molecule has 5 heteroatoms. The predicted molar refractivity (Wildman–Crippen MR) is 115 cm³/mol. The SMILES string of the molecule is C[C@]12C=CC(=O)C=C1CCC1C2=CC[C@@]2(C)C1C[C@H](C1=CNCN1)[C@]2(C)C(=O)CO. The van der Waals surface area contributed by atoms with Gasteiger partial charge in [-0.1, -0.05) is 37.1 Å². The molecular weight excluding hydrogens is 376 g/mol. The molecule has 2 fully saturated rings. The summed E-state index contributed by atoms with van der Waals surface area (Å²) in [7, 11) is 0. The van der Waals surface area contributed by atoms with Crippen molar-refractivity contribution in [2.24, 2.45) is 34.0 Å². The first-order chi connectivity index (χ1) is 14.3. The normalized spacial score (nSPS) is 44.1. The summed E-state index contributed by atoms with van der Waals surface area (Å²) < 4.78 is 0. The van der Waals surface area contributed by atoms with Gasteiger partial charge in [-0.25, -0.2) is 0 Å². The molecule has 0 aromatic rings. The second-order valence-corrected chi connectivity index (χ2v) is 10.4. The van der Waals surface area contributed by atoms with Crippen molar-refractivity contribution in [3.05, 3.63) is 47.3 Å². The number of nitrogens with one attached hydrogen (secondary N) is 2. The van der Waals surface area contributed by atoms with Crippen LogP contribution in [0.2, 0.25) is 0 Å². The number of ketones is 2. The van der Waals surface area contributed by atoms with Crippen molar-refractivity contribution in [2.75, 3.05) is 13.3 Å². The van der Waals surface area contributed by atoms with Gasteiger partial charge in [0.15, 0.2) is 11.6 Å². The fourth-order valence-electron chi connectivity index (χ4n) is 7.50. The van der Waals surface area contributed by atoms with Gasteiger partial charge in [0.25, 0.3) is 0 Å². The second kappa shape index (κ2) is 6.43. The Morgan fingerprint density at radius 2 is 2.10 bits per heavy atom. The monoisotopic (exact) mass is 408 g/mol. The topological polar surface area (TPSA) is 78.4 Å². The van der Waals surface area contributed by atoms with Crippen LogP contribution >= 0.6 is 0 Å². The van der Waals surface area contributed by atoms with Crippen molar-refractivity contribution in [3.8, 4) is 0 Å². The highest BCUT2D eigenvalue weighted by molar-refractivity contribution is 6.01. The number of aliphatic hydroxyl groups is 1. The number of rotatable bonds is 3. The molecule has 6 atom stereocenters. The van der Waals surface area contributed by atoms with Gasteiger partial charge in [-0.2, -0.15) is 0 Å². The van der Waals surface area contributed by atoms with Gasteiger partial charge in [-0.05, 0) is 62.0 Å². The van der Waals surface area contributed by atoms with Crippen LogP contribution < -0.4 is 10.6 Å². The molecule has 1 aliphatic heterocycles. The lowest BCUT2D eigenvalue weighted by molar-refractivity contribution is -0.140. The molecule has 2 unspecified atom stereocenters. The van der Waals surface area contributed by atoms with Gasteiger partial charge in [0.1, 0.15) is 6.61 Å². The molecule has 0 saturated heterocycles. The number of carbonyl (C=O) groups is 2. The third-order valence-corrected chi connectivity index (χ3v) is 9.46. The van der Waals surface area contributed by atoms with E-state index in [4.69, 9.17) is 0 Å². The van der Waals surface area contributed by atoms with Gasteiger partial charge in [-0.3, -0.25) is 9.59 Å². The summed E-state index contributed by atoms with van der Waals surface area (Å²) >= 11 is 0. The molecule has 4 aliphatic carbocycles. The van der Waals surface area contributed by atoms with Crippen LogP contribution in [0.25, 0.3) is 0 Å². The standard InChI is InChI=1S/C25H32N2O3/c1-23-8-6-16(29)10-15(23)4-5-17-18(23)7-9-24(2)19(17)11-20(21-12-26-14-27-21)25(24,3)22(30)13-28/h6-8,10,12,17,19-20,26-28H,4-5,9,11,13-14H2,1-3H3/t17?,19?,20-,23+,24+,25-/m1/s1. The highest BCUT2D eigenvalue weighted by Gasteiger charge is 2.67. The second-order valence-electron chi connectivity index (χ2n) is 10.4. The van der Waals surface area contributed by atoms with Crippen molar-refractivity contribution in [1.29, 1.82) is 0 Å². The van der Waals surface area contributed by atoms with E-state index in [9.17, 15) is 14.7 Å². The van der Waals surface area contributed by atoms with Crippen LogP contribution in [0.1, 0.15) is 46.5 Å². The summed E-state index contributed by atoms with van der Waals surface area (Å²) in [5.74, 6) is 0.888. The maximum atomic E-state index is 13.2. The van der Waals surface area contributed by atoms with Crippen LogP contribution in [0.5, 0.6) is 0 Å². The fourth-order valence-corrected chi connectivity index (χ4v) is 7.50. The average molecular weight is 409 g/mol. The van der Waals surface area contributed by atoms with Gasteiger partial charge in [0, 0.05) is 28.6 Å². The number of Topliss-reactive ketones (excluding diaryl/α,β-unsaturated/α-hetero) is 1. The zero-order valence-corrected chi connectivity index (χ0v) is 18.1. The summed E-state index contributed by atoms with van der Waals surface area (Å²) in [5.41, 5.74) is 2.76. The smallest absolute Gasteiger partial charge is 0.178 e. The first kappa shape index (κ1) is 19.8. The van der Waals surface area contributed by atoms with E-state index < -0.39 is 12.0 Å². The molecule has 5 rings (SSSR count). The van der Waals surface area contributed by atoms with Gasteiger partial charge in [-0.15, -0.1) is 0 Å². The van der Waals surface area contributed by atoms with Gasteiger partial charge in [0.2, 0.25) is 0 Å². The van der Waals surface area contributed by atoms with E-state index in [0.717, 1.165) is 31.4 Å². The maximum absolute atomic E-state index is 13.2. The van der Waals surface area contributed by atoms with Gasteiger partial charge < -0.3 is 15.7 Å². The van der Waals surface area contributed by atoms with E-state index >= 15 is 0 Å². The lowest BCUT2D eigenvalue weighted by atomic mass is 9.49. The van der Waals surface area contributed by atoms with Gasteiger partial charge in [0.05, 0.1) is 6.67 Å². The minimum atomic E-state index is -0.616. The van der Waals surface area contributed by atoms with E-state index in [2.05, 4.69) is 43.6 Å². The maximum Gasteiger partial charge on any atom is 0.178 e. The Morgan fingerprint density at radius 3 is 2.80 bits per heavy atom. The van der Waals surface area contributed by atoms with E-state index in [0.29, 0.717) is 18.5 Å². The molecule has 2 saturated carbocycles. The van der Waals surface area contributed by atoms with Crippen LogP contribution in [-0.2, 0) is 9.59 Å². The summed E-state index contributed by atoms with van der Waals surface area (Å²) in [5, 5.41) is 16.6. The Balaban J connectivity index is 1.60. The van der Waals surface area contributed by atoms with Crippen LogP contribution in [0.15, 0.2) is 47.3 Å². The minimum Gasteiger partial charge on any atom is -0.389 e. The van der Waals surface area contributed by atoms with Crippen molar-refractivity contribution in [2.45, 2.75) is 46.5 Å². The molecule has 0 bridgehead atoms. The summed E-state index contributed by atoms with van der Waals surface area (Å²) in [6, 6.07) is 0. The molecule has 3 N–H and O–H groups in total. The molecule has 0 amide bonds.